The Hall–Kier alpha value is -2.37. The lowest BCUT2D eigenvalue weighted by atomic mass is 10.0. The molecule has 12 heteroatoms. The van der Waals surface area contributed by atoms with Gasteiger partial charge < -0.3 is 19.3 Å². The van der Waals surface area contributed by atoms with Crippen LogP contribution in [0.2, 0.25) is 0 Å². The van der Waals surface area contributed by atoms with E-state index in [0.717, 1.165) is 13.0 Å². The average Bonchev–Trinajstić information content (AvgIpc) is 3.26. The molecule has 0 saturated carbocycles. The highest BCUT2D eigenvalue weighted by molar-refractivity contribution is 6.68. The number of esters is 1. The van der Waals surface area contributed by atoms with E-state index in [1.54, 1.807) is 6.07 Å². The van der Waals surface area contributed by atoms with E-state index < -0.39 is 23.4 Å². The number of amides is 1. The Morgan fingerprint density at radius 1 is 1.19 bits per heavy atom. The van der Waals surface area contributed by atoms with E-state index in [1.807, 2.05) is 11.8 Å². The number of likely N-dealkylation sites (N-methyl/N-ethyl adjacent to an activating group) is 1. The predicted octanol–water partition coefficient (Wildman–Crippen LogP) is 3.60. The number of hydrogen-bond acceptors (Lipinski definition) is 7. The maximum atomic E-state index is 13.6. The van der Waals surface area contributed by atoms with E-state index in [-0.39, 0.29) is 49.4 Å². The van der Waals surface area contributed by atoms with E-state index in [1.165, 1.54) is 19.1 Å². The van der Waals surface area contributed by atoms with Crippen molar-refractivity contribution < 1.29 is 37.0 Å². The summed E-state index contributed by atoms with van der Waals surface area (Å²) in [5.74, 6) is -2.36. The number of rotatable bonds is 9. The molecule has 0 aromatic heterocycles. The Kier molecular flexibility index (Phi) is 9.59. The van der Waals surface area contributed by atoms with E-state index in [0.29, 0.717) is 36.8 Å². The van der Waals surface area contributed by atoms with Gasteiger partial charge in [0.15, 0.2) is 0 Å². The topological polar surface area (TPSA) is 79.4 Å². The lowest BCUT2D eigenvalue weighted by Crippen LogP contribution is -2.50. The first-order valence-corrected chi connectivity index (χ1v) is 12.4. The summed E-state index contributed by atoms with van der Waals surface area (Å²) in [5.41, 5.74) is 0.248. The first-order chi connectivity index (χ1) is 17.0. The van der Waals surface area contributed by atoms with Gasteiger partial charge in [-0.05, 0) is 56.0 Å². The Morgan fingerprint density at radius 2 is 1.89 bits per heavy atom. The molecule has 1 amide bonds. The van der Waals surface area contributed by atoms with Crippen LogP contribution in [-0.2, 0) is 19.1 Å². The van der Waals surface area contributed by atoms with Gasteiger partial charge in [0.05, 0.1) is 11.3 Å². The van der Waals surface area contributed by atoms with Gasteiger partial charge >= 0.3 is 18.1 Å². The zero-order valence-electron chi connectivity index (χ0n) is 20.4. The van der Waals surface area contributed by atoms with Crippen LogP contribution >= 0.6 is 11.6 Å². The Balaban J connectivity index is 1.87. The van der Waals surface area contributed by atoms with Crippen LogP contribution in [0.25, 0.3) is 0 Å². The number of alkyl halides is 3. The molecule has 2 saturated heterocycles. The Morgan fingerprint density at radius 3 is 2.47 bits per heavy atom. The van der Waals surface area contributed by atoms with Crippen molar-refractivity contribution in [3.8, 4) is 0 Å². The second kappa shape index (κ2) is 12.2. The van der Waals surface area contributed by atoms with Crippen LogP contribution in [0.1, 0.15) is 43.5 Å². The fraction of sp³-hybridized carbons (Fsp3) is 0.625. The van der Waals surface area contributed by atoms with Crippen molar-refractivity contribution in [2.24, 2.45) is 0 Å². The molecule has 0 spiro atoms. The molecule has 1 aromatic carbocycles. The van der Waals surface area contributed by atoms with Gasteiger partial charge in [-0.2, -0.15) is 13.2 Å². The number of anilines is 2. The zero-order valence-corrected chi connectivity index (χ0v) is 21.1. The molecule has 8 nitrogen and oxygen atoms in total. The summed E-state index contributed by atoms with van der Waals surface area (Å²) in [5, 5.41) is -0.944. The van der Waals surface area contributed by atoms with E-state index in [2.05, 4.69) is 4.90 Å². The molecule has 0 N–H and O–H groups in total. The van der Waals surface area contributed by atoms with E-state index >= 15 is 0 Å². The molecule has 1 unspecified atom stereocenters. The summed E-state index contributed by atoms with van der Waals surface area (Å²) in [4.78, 5) is 40.7. The van der Waals surface area contributed by atoms with Crippen LogP contribution in [0.5, 0.6) is 0 Å². The Bertz CT molecular complexity index is 955. The van der Waals surface area contributed by atoms with Gasteiger partial charge in [-0.15, -0.1) is 0 Å². The van der Waals surface area contributed by atoms with Crippen molar-refractivity contribution >= 4 is 40.1 Å². The van der Waals surface area contributed by atoms with Crippen molar-refractivity contribution in [1.82, 2.24) is 4.90 Å². The summed E-state index contributed by atoms with van der Waals surface area (Å²) >= 11 is 5.73. The smallest absolute Gasteiger partial charge is 0.461 e. The fourth-order valence-electron chi connectivity index (χ4n) is 4.70. The molecule has 2 fully saturated rings. The number of ether oxygens (including phenoxy) is 2. The second-order valence-corrected chi connectivity index (χ2v) is 9.24. The van der Waals surface area contributed by atoms with Gasteiger partial charge in [-0.3, -0.25) is 19.3 Å². The fourth-order valence-corrected chi connectivity index (χ4v) is 4.86. The van der Waals surface area contributed by atoms with E-state index in [9.17, 15) is 27.6 Å². The minimum atomic E-state index is -5.13. The number of halogens is 4. The van der Waals surface area contributed by atoms with Gasteiger partial charge in [0.1, 0.15) is 6.10 Å². The van der Waals surface area contributed by atoms with Crippen LogP contribution in [0, 0.1) is 0 Å². The highest BCUT2D eigenvalue weighted by Crippen LogP contribution is 2.35. The quantitative estimate of drug-likeness (QED) is 0.354. The van der Waals surface area contributed by atoms with Gasteiger partial charge in [0, 0.05) is 64.6 Å². The van der Waals surface area contributed by atoms with Crippen LogP contribution in [0.15, 0.2) is 18.2 Å². The van der Waals surface area contributed by atoms with Gasteiger partial charge in [-0.1, -0.05) is 0 Å². The third-order valence-corrected chi connectivity index (χ3v) is 6.67. The molecular formula is C24H31ClF3N3O5. The monoisotopic (exact) mass is 533 g/mol. The van der Waals surface area contributed by atoms with Crippen LogP contribution in [-0.4, -0.2) is 86.3 Å². The Labute approximate surface area is 213 Å². The number of likely N-dealkylation sites (tertiary alicyclic amines) is 1. The first kappa shape index (κ1) is 28.2. The van der Waals surface area contributed by atoms with Crippen molar-refractivity contribution in [2.75, 3.05) is 55.7 Å². The molecule has 0 bridgehead atoms. The van der Waals surface area contributed by atoms with Crippen molar-refractivity contribution in [1.29, 1.82) is 0 Å². The van der Waals surface area contributed by atoms with Gasteiger partial charge in [0.25, 0.3) is 5.24 Å². The molecule has 2 aliphatic rings. The van der Waals surface area contributed by atoms with E-state index in [4.69, 9.17) is 21.1 Å². The number of carbonyl (C=O) groups excluding carboxylic acids is 3. The molecule has 2 heterocycles. The third-order valence-electron chi connectivity index (χ3n) is 6.46. The average molecular weight is 534 g/mol. The zero-order chi connectivity index (χ0) is 26.5. The lowest BCUT2D eigenvalue weighted by molar-refractivity contribution is -0.171. The van der Waals surface area contributed by atoms with Crippen LogP contribution < -0.4 is 9.80 Å². The molecule has 0 radical (unpaired) electrons. The normalized spacial score (nSPS) is 19.2. The molecule has 200 valence electrons. The molecule has 0 aliphatic carbocycles. The molecule has 3 rings (SSSR count). The largest absolute Gasteiger partial charge is 0.471 e. The third kappa shape index (κ3) is 7.10. The van der Waals surface area contributed by atoms with Crippen molar-refractivity contribution in [2.45, 2.75) is 51.4 Å². The van der Waals surface area contributed by atoms with Crippen LogP contribution in [0.3, 0.4) is 0 Å². The summed E-state index contributed by atoms with van der Waals surface area (Å²) in [6.45, 7) is 6.80. The maximum Gasteiger partial charge on any atom is 0.471 e. The SMILES string of the molecule is CCN(CCN1CCC(OC(C)=O)C1)c1ccc(C(=O)Cl)c(N(C(=O)C(F)(F)F)C2CCOCC2)c1. The highest BCUT2D eigenvalue weighted by Gasteiger charge is 2.46. The molecule has 2 aliphatic heterocycles. The van der Waals surface area contributed by atoms with Crippen molar-refractivity contribution in [3.63, 3.8) is 0 Å². The van der Waals surface area contributed by atoms with Crippen LogP contribution in [0.4, 0.5) is 24.5 Å². The number of benzene rings is 1. The summed E-state index contributed by atoms with van der Waals surface area (Å²) in [6, 6.07) is 3.64. The van der Waals surface area contributed by atoms with Gasteiger partial charge in [-0.25, -0.2) is 0 Å². The van der Waals surface area contributed by atoms with Gasteiger partial charge in [0.2, 0.25) is 0 Å². The molecule has 1 aromatic rings. The first-order valence-electron chi connectivity index (χ1n) is 12.0. The second-order valence-electron chi connectivity index (χ2n) is 8.89. The van der Waals surface area contributed by atoms with Crippen molar-refractivity contribution in [3.05, 3.63) is 23.8 Å². The summed E-state index contributed by atoms with van der Waals surface area (Å²) in [6.07, 6.45) is -4.13. The molecular weight excluding hydrogens is 503 g/mol. The highest BCUT2D eigenvalue weighted by atomic mass is 35.5. The predicted molar refractivity (Wildman–Crippen MR) is 129 cm³/mol. The lowest BCUT2D eigenvalue weighted by Gasteiger charge is -2.36. The minimum absolute atomic E-state index is 0.153. The maximum absolute atomic E-state index is 13.6. The summed E-state index contributed by atoms with van der Waals surface area (Å²) in [7, 11) is 0. The number of carbonyl (C=O) groups is 3. The number of nitrogens with zero attached hydrogens (tertiary/aromatic N) is 3. The molecule has 1 atom stereocenters. The summed E-state index contributed by atoms with van der Waals surface area (Å²) < 4.78 is 51.4. The minimum Gasteiger partial charge on any atom is -0.461 e. The molecule has 36 heavy (non-hydrogen) atoms. The number of hydrogen-bond donors (Lipinski definition) is 0. The standard InChI is InChI=1S/C24H31ClF3N3O5/c1-3-30(11-10-29-9-6-19(15-29)36-16(2)32)18-4-5-20(22(25)33)21(14-18)31(23(34)24(26,27)28)17-7-12-35-13-8-17/h4-5,14,17,19H,3,6-13,15H2,1-2H3.